The summed E-state index contributed by atoms with van der Waals surface area (Å²) in [6.07, 6.45) is -0.330. The van der Waals surface area contributed by atoms with Crippen molar-refractivity contribution in [2.24, 2.45) is 0 Å². The highest BCUT2D eigenvalue weighted by Crippen LogP contribution is 2.30. The summed E-state index contributed by atoms with van der Waals surface area (Å²) in [6.45, 7) is 3.59. The number of nitrogens with one attached hydrogen (secondary N) is 2. The summed E-state index contributed by atoms with van der Waals surface area (Å²) < 4.78 is 36.3. The van der Waals surface area contributed by atoms with E-state index >= 15 is 0 Å². The van der Waals surface area contributed by atoms with Crippen LogP contribution in [0.4, 0.5) is 13.9 Å². The first-order valence-electron chi connectivity index (χ1n) is 9.27. The first-order chi connectivity index (χ1) is 14.6. The van der Waals surface area contributed by atoms with E-state index in [1.807, 2.05) is 13.8 Å². The van der Waals surface area contributed by atoms with Gasteiger partial charge in [0.2, 0.25) is 5.91 Å². The molecule has 168 valence electrons. The molecule has 0 aliphatic carbocycles. The Labute approximate surface area is 182 Å². The Hall–Kier alpha value is -2.92. The van der Waals surface area contributed by atoms with Gasteiger partial charge < -0.3 is 20.1 Å². The third-order valence-electron chi connectivity index (χ3n) is 4.06. The van der Waals surface area contributed by atoms with E-state index < -0.39 is 35.5 Å². The molecule has 0 spiro atoms. The highest BCUT2D eigenvalue weighted by Gasteiger charge is 2.25. The molecule has 2 amide bonds. The minimum atomic E-state index is -1.09. The van der Waals surface area contributed by atoms with Crippen LogP contribution in [0, 0.1) is 11.6 Å². The molecule has 0 saturated carbocycles. The number of methoxy groups -OCH3 is 2. The van der Waals surface area contributed by atoms with Crippen molar-refractivity contribution < 1.29 is 32.6 Å². The minimum absolute atomic E-state index is 0.0293. The number of anilines is 1. The molecule has 1 atom stereocenters. The maximum Gasteiger partial charge on any atom is 0.357 e. The number of esters is 1. The molecular weight excluding hydrogens is 432 g/mol. The maximum absolute atomic E-state index is 13.3. The van der Waals surface area contributed by atoms with Crippen molar-refractivity contribution in [2.75, 3.05) is 26.1 Å². The highest BCUT2D eigenvalue weighted by atomic mass is 32.1. The van der Waals surface area contributed by atoms with E-state index in [0.717, 1.165) is 23.5 Å². The zero-order valence-corrected chi connectivity index (χ0v) is 18.3. The van der Waals surface area contributed by atoms with Crippen molar-refractivity contribution in [1.82, 2.24) is 10.3 Å². The summed E-state index contributed by atoms with van der Waals surface area (Å²) in [5.74, 6) is -3.51. The molecule has 0 fully saturated rings. The van der Waals surface area contributed by atoms with E-state index in [2.05, 4.69) is 15.6 Å². The molecule has 1 aromatic heterocycles. The quantitative estimate of drug-likeness (QED) is 0.563. The summed E-state index contributed by atoms with van der Waals surface area (Å²) in [5, 5.41) is 5.19. The second-order valence-electron chi connectivity index (χ2n) is 6.90. The largest absolute Gasteiger partial charge is 0.464 e. The maximum atomic E-state index is 13.3. The molecule has 0 aliphatic rings. The molecule has 2 aromatic rings. The fourth-order valence-corrected chi connectivity index (χ4v) is 3.66. The molecule has 0 saturated heterocycles. The second kappa shape index (κ2) is 10.9. The molecule has 2 rings (SSSR count). The first kappa shape index (κ1) is 24.4. The molecule has 0 radical (unpaired) electrons. The van der Waals surface area contributed by atoms with Crippen molar-refractivity contribution in [3.63, 3.8) is 0 Å². The summed E-state index contributed by atoms with van der Waals surface area (Å²) in [7, 11) is 2.59. The SMILES string of the molecule is COC[C@H](NC(=O)Cc1cc(F)cc(F)c1)C(=O)Nc1nc(C(=O)OC)c(C(C)C)s1. The lowest BCUT2D eigenvalue weighted by atomic mass is 10.1. The summed E-state index contributed by atoms with van der Waals surface area (Å²) >= 11 is 1.12. The minimum Gasteiger partial charge on any atom is -0.464 e. The normalized spacial score (nSPS) is 11.8. The van der Waals surface area contributed by atoms with E-state index in [1.54, 1.807) is 0 Å². The molecule has 8 nitrogen and oxygen atoms in total. The Morgan fingerprint density at radius 1 is 1.13 bits per heavy atom. The molecular formula is C20H23F2N3O5S. The van der Waals surface area contributed by atoms with Gasteiger partial charge in [-0.15, -0.1) is 11.3 Å². The zero-order valence-electron chi connectivity index (χ0n) is 17.5. The average Bonchev–Trinajstić information content (AvgIpc) is 3.10. The molecule has 11 heteroatoms. The molecule has 1 heterocycles. The molecule has 0 bridgehead atoms. The van der Waals surface area contributed by atoms with Gasteiger partial charge >= 0.3 is 5.97 Å². The van der Waals surface area contributed by atoms with Crippen LogP contribution in [0.15, 0.2) is 18.2 Å². The van der Waals surface area contributed by atoms with Crippen molar-refractivity contribution in [1.29, 1.82) is 0 Å². The third-order valence-corrected chi connectivity index (χ3v) is 5.33. The van der Waals surface area contributed by atoms with Gasteiger partial charge in [0.1, 0.15) is 17.7 Å². The number of aromatic nitrogens is 1. The second-order valence-corrected chi connectivity index (χ2v) is 7.93. The lowest BCUT2D eigenvalue weighted by Gasteiger charge is -2.17. The van der Waals surface area contributed by atoms with Crippen LogP contribution in [-0.4, -0.2) is 49.6 Å². The predicted molar refractivity (Wildman–Crippen MR) is 110 cm³/mol. The van der Waals surface area contributed by atoms with Crippen molar-refractivity contribution in [3.05, 3.63) is 46.0 Å². The Balaban J connectivity index is 2.11. The van der Waals surface area contributed by atoms with E-state index in [9.17, 15) is 23.2 Å². The fraction of sp³-hybridized carbons (Fsp3) is 0.400. The Morgan fingerprint density at radius 3 is 2.32 bits per heavy atom. The van der Waals surface area contributed by atoms with E-state index in [1.165, 1.54) is 14.2 Å². The van der Waals surface area contributed by atoms with Gasteiger partial charge in [0.15, 0.2) is 10.8 Å². The van der Waals surface area contributed by atoms with Gasteiger partial charge in [-0.3, -0.25) is 9.59 Å². The third kappa shape index (κ3) is 6.79. The van der Waals surface area contributed by atoms with Crippen LogP contribution in [0.1, 0.15) is 40.7 Å². The van der Waals surface area contributed by atoms with Crippen LogP contribution < -0.4 is 10.6 Å². The molecule has 31 heavy (non-hydrogen) atoms. The number of carbonyl (C=O) groups is 3. The van der Waals surface area contributed by atoms with Gasteiger partial charge in [-0.1, -0.05) is 13.8 Å². The van der Waals surface area contributed by atoms with E-state index in [0.29, 0.717) is 10.9 Å². The van der Waals surface area contributed by atoms with Crippen LogP contribution in [0.2, 0.25) is 0 Å². The van der Waals surface area contributed by atoms with Crippen molar-refractivity contribution in [3.8, 4) is 0 Å². The molecule has 0 aliphatic heterocycles. The Kier molecular flexibility index (Phi) is 8.57. The Morgan fingerprint density at radius 2 is 1.77 bits per heavy atom. The van der Waals surface area contributed by atoms with Crippen LogP contribution in [0.5, 0.6) is 0 Å². The number of halogens is 2. The number of hydrogen-bond acceptors (Lipinski definition) is 7. The average molecular weight is 455 g/mol. The highest BCUT2D eigenvalue weighted by molar-refractivity contribution is 7.16. The van der Waals surface area contributed by atoms with Gasteiger partial charge in [0.25, 0.3) is 5.91 Å². The number of rotatable bonds is 9. The van der Waals surface area contributed by atoms with Gasteiger partial charge in [-0.25, -0.2) is 18.6 Å². The van der Waals surface area contributed by atoms with Gasteiger partial charge in [-0.05, 0) is 23.6 Å². The first-order valence-corrected chi connectivity index (χ1v) is 10.1. The van der Waals surface area contributed by atoms with E-state index in [4.69, 9.17) is 9.47 Å². The summed E-state index contributed by atoms with van der Waals surface area (Å²) in [5.41, 5.74) is 0.231. The lowest BCUT2D eigenvalue weighted by molar-refractivity contribution is -0.127. The summed E-state index contributed by atoms with van der Waals surface area (Å²) in [4.78, 5) is 41.6. The van der Waals surface area contributed by atoms with Crippen LogP contribution in [0.25, 0.3) is 0 Å². The molecule has 0 unspecified atom stereocenters. The number of benzene rings is 1. The molecule has 2 N–H and O–H groups in total. The van der Waals surface area contributed by atoms with Crippen molar-refractivity contribution >= 4 is 34.3 Å². The lowest BCUT2D eigenvalue weighted by Crippen LogP contribution is -2.47. The molecule has 1 aromatic carbocycles. The van der Waals surface area contributed by atoms with E-state index in [-0.39, 0.29) is 35.3 Å². The van der Waals surface area contributed by atoms with Crippen LogP contribution in [-0.2, 0) is 25.5 Å². The van der Waals surface area contributed by atoms with Gasteiger partial charge in [0.05, 0.1) is 20.1 Å². The topological polar surface area (TPSA) is 107 Å². The predicted octanol–water partition coefficient (Wildman–Crippen LogP) is 2.64. The fourth-order valence-electron chi connectivity index (χ4n) is 2.71. The van der Waals surface area contributed by atoms with Crippen LogP contribution >= 0.6 is 11.3 Å². The number of hydrogen-bond donors (Lipinski definition) is 2. The Bertz CT molecular complexity index is 944. The number of amides is 2. The van der Waals surface area contributed by atoms with Crippen molar-refractivity contribution in [2.45, 2.75) is 32.2 Å². The van der Waals surface area contributed by atoms with Gasteiger partial charge in [-0.2, -0.15) is 0 Å². The number of ether oxygens (including phenoxy) is 2. The number of carbonyl (C=O) groups excluding carboxylic acids is 3. The van der Waals surface area contributed by atoms with Gasteiger partial charge in [0, 0.05) is 18.1 Å². The van der Waals surface area contributed by atoms with Crippen LogP contribution in [0.3, 0.4) is 0 Å². The number of thiazole rings is 1. The summed E-state index contributed by atoms with van der Waals surface area (Å²) in [6, 6.07) is 1.67. The monoisotopic (exact) mass is 455 g/mol. The number of nitrogens with zero attached hydrogens (tertiary/aromatic N) is 1. The standard InChI is InChI=1S/C20H23F2N3O5S/c1-10(2)17-16(19(28)30-4)24-20(31-17)25-18(27)14(9-29-3)23-15(26)7-11-5-12(21)8-13(22)6-11/h5-6,8,10,14H,7,9H2,1-4H3,(H,23,26)(H,24,25,27)/t14-/m0/s1. The zero-order chi connectivity index (χ0) is 23.1. The smallest absolute Gasteiger partial charge is 0.357 e.